The van der Waals surface area contributed by atoms with Gasteiger partial charge in [-0.2, -0.15) is 4.98 Å². The number of amides is 1. The molecule has 2 aliphatic carbocycles. The first kappa shape index (κ1) is 23.6. The van der Waals surface area contributed by atoms with Crippen LogP contribution in [0.1, 0.15) is 54.6 Å². The standard InChI is InChI=1S/C25H30F2N6O2S/c1-16-12-21(31-23(29-16)33-14-25(26,27)15-33)30-22(34)19-5-4-18(36(28,35)17-2-3-17)13-20(19)32-10-8-24(6-7-24)9-11-32/h4-5,12-13,17,28H,2-3,6-11,14-15H2,1H3,(H,29,30,31,34). The molecule has 1 unspecified atom stereocenters. The Bertz CT molecular complexity index is 1320. The number of carbonyl (C=O) groups is 1. The molecule has 2 N–H and O–H groups in total. The Morgan fingerprint density at radius 3 is 2.39 bits per heavy atom. The highest BCUT2D eigenvalue weighted by atomic mass is 32.2. The Hall–Kier alpha value is -2.82. The number of rotatable bonds is 6. The molecule has 0 bridgehead atoms. The van der Waals surface area contributed by atoms with E-state index >= 15 is 0 Å². The van der Waals surface area contributed by atoms with Gasteiger partial charge in [-0.1, -0.05) is 0 Å². The lowest BCUT2D eigenvalue weighted by Gasteiger charge is -2.38. The number of carbonyl (C=O) groups excluding carboxylic acids is 1. The second-order valence-electron chi connectivity index (χ2n) is 10.8. The lowest BCUT2D eigenvalue weighted by atomic mass is 9.93. The van der Waals surface area contributed by atoms with Gasteiger partial charge in [0.05, 0.1) is 34.1 Å². The lowest BCUT2D eigenvalue weighted by molar-refractivity contribution is -0.0271. The summed E-state index contributed by atoms with van der Waals surface area (Å²) >= 11 is 0. The van der Waals surface area contributed by atoms with Crippen molar-refractivity contribution in [1.29, 1.82) is 4.78 Å². The van der Waals surface area contributed by atoms with Crippen LogP contribution in [0.5, 0.6) is 0 Å². The van der Waals surface area contributed by atoms with E-state index in [9.17, 15) is 17.8 Å². The fourth-order valence-electron chi connectivity index (χ4n) is 5.24. The van der Waals surface area contributed by atoms with Crippen LogP contribution in [0.2, 0.25) is 0 Å². The van der Waals surface area contributed by atoms with Gasteiger partial charge in [-0.05, 0) is 69.1 Å². The minimum Gasteiger partial charge on any atom is -0.371 e. The van der Waals surface area contributed by atoms with Crippen molar-refractivity contribution in [1.82, 2.24) is 9.97 Å². The molecular weight excluding hydrogens is 486 g/mol. The molecule has 1 aromatic carbocycles. The van der Waals surface area contributed by atoms with Gasteiger partial charge in [-0.3, -0.25) is 4.79 Å². The van der Waals surface area contributed by atoms with Gasteiger partial charge in [0.2, 0.25) is 5.95 Å². The second-order valence-corrected chi connectivity index (χ2v) is 13.2. The molecule has 11 heteroatoms. The quantitative estimate of drug-likeness (QED) is 0.589. The van der Waals surface area contributed by atoms with Gasteiger partial charge in [0.15, 0.2) is 0 Å². The van der Waals surface area contributed by atoms with Gasteiger partial charge in [-0.25, -0.2) is 22.8 Å². The van der Waals surface area contributed by atoms with E-state index in [1.54, 1.807) is 31.2 Å². The van der Waals surface area contributed by atoms with Crippen LogP contribution in [0.25, 0.3) is 0 Å². The third kappa shape index (κ3) is 4.42. The zero-order valence-corrected chi connectivity index (χ0v) is 21.0. The molecule has 2 aliphatic heterocycles. The molecule has 1 atom stereocenters. The minimum atomic E-state index is -2.91. The molecule has 2 saturated carbocycles. The monoisotopic (exact) mass is 516 g/mol. The molecule has 192 valence electrons. The normalized spacial score (nSPS) is 23.6. The van der Waals surface area contributed by atoms with Crippen LogP contribution in [0.15, 0.2) is 29.2 Å². The van der Waals surface area contributed by atoms with Crippen molar-refractivity contribution < 1.29 is 17.8 Å². The van der Waals surface area contributed by atoms with Crippen molar-refractivity contribution in [3.05, 3.63) is 35.5 Å². The molecule has 8 nitrogen and oxygen atoms in total. The summed E-state index contributed by atoms with van der Waals surface area (Å²) < 4.78 is 48.3. The summed E-state index contributed by atoms with van der Waals surface area (Å²) in [4.78, 5) is 26.0. The van der Waals surface area contributed by atoms with E-state index in [1.807, 2.05) is 0 Å². The topological polar surface area (TPSA) is 102 Å². The van der Waals surface area contributed by atoms with Crippen molar-refractivity contribution in [3.63, 3.8) is 0 Å². The predicted molar refractivity (Wildman–Crippen MR) is 134 cm³/mol. The molecular formula is C25H30F2N6O2S. The van der Waals surface area contributed by atoms with Crippen molar-refractivity contribution in [2.75, 3.05) is 41.3 Å². The number of alkyl halides is 2. The number of hydrogen-bond donors (Lipinski definition) is 2. The van der Waals surface area contributed by atoms with Crippen molar-refractivity contribution >= 4 is 33.1 Å². The maximum Gasteiger partial charge on any atom is 0.282 e. The zero-order valence-electron chi connectivity index (χ0n) is 20.2. The molecule has 6 rings (SSSR count). The Kier molecular flexibility index (Phi) is 5.30. The Morgan fingerprint density at radius 1 is 1.08 bits per heavy atom. The summed E-state index contributed by atoms with van der Waals surface area (Å²) in [5.41, 5.74) is 2.13. The van der Waals surface area contributed by atoms with Gasteiger partial charge in [-0.15, -0.1) is 0 Å². The van der Waals surface area contributed by atoms with E-state index in [-0.39, 0.29) is 22.9 Å². The number of nitrogens with one attached hydrogen (secondary N) is 2. The largest absolute Gasteiger partial charge is 0.371 e. The van der Waals surface area contributed by atoms with Crippen LogP contribution >= 0.6 is 0 Å². The maximum absolute atomic E-state index is 13.5. The number of benzene rings is 1. The second kappa shape index (κ2) is 8.09. The van der Waals surface area contributed by atoms with Crippen LogP contribution in [0.4, 0.5) is 26.2 Å². The number of aromatic nitrogens is 2. The SMILES string of the molecule is Cc1cc(NC(=O)c2ccc(S(=N)(=O)C3CC3)cc2N2CCC3(CC2)CC3)nc(N2CC(F)(F)C2)n1. The molecule has 0 radical (unpaired) electrons. The fourth-order valence-corrected chi connectivity index (χ4v) is 6.98. The van der Waals surface area contributed by atoms with Crippen molar-refractivity contribution in [2.45, 2.75) is 61.5 Å². The van der Waals surface area contributed by atoms with Crippen LogP contribution in [0, 0.1) is 17.1 Å². The number of aryl methyl sites for hydroxylation is 1. The summed E-state index contributed by atoms with van der Waals surface area (Å²) in [7, 11) is -2.91. The number of hydrogen-bond acceptors (Lipinski definition) is 7. The van der Waals surface area contributed by atoms with Gasteiger partial charge < -0.3 is 15.1 Å². The van der Waals surface area contributed by atoms with E-state index in [0.29, 0.717) is 27.3 Å². The smallest absolute Gasteiger partial charge is 0.282 e. The van der Waals surface area contributed by atoms with Gasteiger partial charge >= 0.3 is 0 Å². The van der Waals surface area contributed by atoms with E-state index in [0.717, 1.165) is 38.8 Å². The molecule has 4 fully saturated rings. The molecule has 2 aromatic rings. The highest BCUT2D eigenvalue weighted by Gasteiger charge is 2.46. The Balaban J connectivity index is 1.29. The van der Waals surface area contributed by atoms with E-state index < -0.39 is 28.7 Å². The first-order valence-electron chi connectivity index (χ1n) is 12.5. The molecule has 1 amide bonds. The van der Waals surface area contributed by atoms with Gasteiger partial charge in [0.1, 0.15) is 5.82 Å². The number of piperidine rings is 1. The zero-order chi connectivity index (χ0) is 25.3. The third-order valence-corrected chi connectivity index (χ3v) is 10.3. The number of anilines is 3. The maximum atomic E-state index is 13.5. The molecule has 36 heavy (non-hydrogen) atoms. The lowest BCUT2D eigenvalue weighted by Crippen LogP contribution is -2.57. The Labute approximate surface area is 209 Å². The summed E-state index contributed by atoms with van der Waals surface area (Å²) in [5, 5.41) is 2.70. The number of halogens is 2. The molecule has 1 spiro atoms. The van der Waals surface area contributed by atoms with E-state index in [4.69, 9.17) is 4.78 Å². The van der Waals surface area contributed by atoms with Crippen molar-refractivity contribution in [3.8, 4) is 0 Å². The highest BCUT2D eigenvalue weighted by molar-refractivity contribution is 7.93. The van der Waals surface area contributed by atoms with Crippen LogP contribution in [0.3, 0.4) is 0 Å². The molecule has 1 aromatic heterocycles. The average Bonchev–Trinajstić information content (AvgIpc) is 3.73. The average molecular weight is 517 g/mol. The van der Waals surface area contributed by atoms with Gasteiger partial charge in [0.25, 0.3) is 11.8 Å². The van der Waals surface area contributed by atoms with E-state index in [2.05, 4.69) is 20.2 Å². The summed E-state index contributed by atoms with van der Waals surface area (Å²) in [6.45, 7) is 2.46. The fraction of sp³-hybridized carbons (Fsp3) is 0.560. The van der Waals surface area contributed by atoms with Crippen LogP contribution < -0.4 is 15.1 Å². The van der Waals surface area contributed by atoms with Crippen LogP contribution in [-0.4, -0.2) is 57.4 Å². The third-order valence-electron chi connectivity index (χ3n) is 7.89. The first-order valence-corrected chi connectivity index (χ1v) is 14.1. The summed E-state index contributed by atoms with van der Waals surface area (Å²) in [5.74, 6) is -2.73. The minimum absolute atomic E-state index is 0.114. The molecule has 3 heterocycles. The summed E-state index contributed by atoms with van der Waals surface area (Å²) in [6.07, 6.45) is 6.23. The van der Waals surface area contributed by atoms with E-state index in [1.165, 1.54) is 17.7 Å². The van der Waals surface area contributed by atoms with Crippen LogP contribution in [-0.2, 0) is 9.73 Å². The predicted octanol–water partition coefficient (Wildman–Crippen LogP) is 4.44. The van der Waals surface area contributed by atoms with Gasteiger partial charge in [0, 0.05) is 35.0 Å². The Morgan fingerprint density at radius 2 is 1.78 bits per heavy atom. The first-order chi connectivity index (χ1) is 17.0. The molecule has 2 saturated heterocycles. The van der Waals surface area contributed by atoms with Crippen molar-refractivity contribution in [2.24, 2.45) is 5.41 Å². The highest BCUT2D eigenvalue weighted by Crippen LogP contribution is 2.54. The number of nitrogens with zero attached hydrogens (tertiary/aromatic N) is 4. The molecule has 4 aliphatic rings. The summed E-state index contributed by atoms with van der Waals surface area (Å²) in [6, 6.07) is 6.67.